The number of carboxylic acid groups (broad SMARTS) is 1. The number of aromatic carboxylic acids is 1. The highest BCUT2D eigenvalue weighted by molar-refractivity contribution is 6.30. The van der Waals surface area contributed by atoms with Crippen molar-refractivity contribution in [3.63, 3.8) is 0 Å². The van der Waals surface area contributed by atoms with Crippen molar-refractivity contribution in [3.8, 4) is 0 Å². The topological polar surface area (TPSA) is 40.5 Å². The zero-order valence-electron chi connectivity index (χ0n) is 17.1. The highest BCUT2D eigenvalue weighted by Gasteiger charge is 2.33. The smallest absolute Gasteiger partial charge is 0.416 e. The van der Waals surface area contributed by atoms with Crippen LogP contribution in [0.1, 0.15) is 34.0 Å². The first-order valence-corrected chi connectivity index (χ1v) is 10.3. The van der Waals surface area contributed by atoms with Gasteiger partial charge < -0.3 is 10.0 Å². The highest BCUT2D eigenvalue weighted by Crippen LogP contribution is 2.42. The van der Waals surface area contributed by atoms with Gasteiger partial charge in [-0.15, -0.1) is 0 Å². The van der Waals surface area contributed by atoms with Gasteiger partial charge >= 0.3 is 12.1 Å². The van der Waals surface area contributed by atoms with E-state index in [1.807, 2.05) is 24.0 Å². The molecule has 1 N–H and O–H groups in total. The number of allylic oxidation sites excluding steroid dienone is 2. The molecule has 0 amide bonds. The number of hydrogen-bond acceptors (Lipinski definition) is 2. The van der Waals surface area contributed by atoms with Crippen molar-refractivity contribution in [3.05, 3.63) is 105 Å². The van der Waals surface area contributed by atoms with Crippen LogP contribution in [0.3, 0.4) is 0 Å². The number of halogens is 4. The molecule has 0 spiro atoms. The van der Waals surface area contributed by atoms with Crippen LogP contribution in [0.5, 0.6) is 0 Å². The van der Waals surface area contributed by atoms with E-state index < -0.39 is 17.7 Å². The summed E-state index contributed by atoms with van der Waals surface area (Å²) < 4.78 is 39.9. The second-order valence-corrected chi connectivity index (χ2v) is 8.18. The monoisotopic (exact) mass is 457 g/mol. The quantitative estimate of drug-likeness (QED) is 0.448. The van der Waals surface area contributed by atoms with Crippen LogP contribution < -0.4 is 4.90 Å². The second kappa shape index (κ2) is 8.36. The normalized spacial score (nSPS) is 13.8. The molecule has 0 saturated heterocycles. The summed E-state index contributed by atoms with van der Waals surface area (Å²) in [5, 5.41) is 10.1. The maximum absolute atomic E-state index is 13.3. The van der Waals surface area contributed by atoms with Gasteiger partial charge in [-0.1, -0.05) is 29.8 Å². The van der Waals surface area contributed by atoms with Gasteiger partial charge in [0.05, 0.1) is 11.1 Å². The molecular formula is C25H19ClF3NO2. The first-order chi connectivity index (χ1) is 15.1. The molecule has 3 aromatic rings. The fraction of sp³-hybridized carbons (Fsp3) is 0.160. The van der Waals surface area contributed by atoms with Gasteiger partial charge in [0.25, 0.3) is 0 Å². The third-order valence-electron chi connectivity index (χ3n) is 5.50. The number of carboxylic acids is 1. The Labute approximate surface area is 188 Å². The molecule has 1 heterocycles. The molecule has 32 heavy (non-hydrogen) atoms. The predicted molar refractivity (Wildman–Crippen MR) is 119 cm³/mol. The van der Waals surface area contributed by atoms with E-state index in [2.05, 4.69) is 0 Å². The summed E-state index contributed by atoms with van der Waals surface area (Å²) in [6.07, 6.45) is -3.55. The number of anilines is 2. The van der Waals surface area contributed by atoms with Crippen LogP contribution in [0.25, 0.3) is 0 Å². The molecule has 0 fully saturated rings. The van der Waals surface area contributed by atoms with Crippen molar-refractivity contribution in [1.82, 2.24) is 0 Å². The van der Waals surface area contributed by atoms with E-state index >= 15 is 0 Å². The van der Waals surface area contributed by atoms with Crippen LogP contribution in [0.4, 0.5) is 24.5 Å². The van der Waals surface area contributed by atoms with Crippen LogP contribution >= 0.6 is 11.6 Å². The Bertz CT molecular complexity index is 1220. The Morgan fingerprint density at radius 2 is 1.78 bits per heavy atom. The van der Waals surface area contributed by atoms with Crippen molar-refractivity contribution < 1.29 is 23.1 Å². The number of nitrogens with zero attached hydrogens (tertiary/aromatic N) is 1. The highest BCUT2D eigenvalue weighted by atomic mass is 35.5. The molecular weight excluding hydrogens is 439 g/mol. The minimum Gasteiger partial charge on any atom is -0.478 e. The molecule has 0 unspecified atom stereocenters. The fourth-order valence-corrected chi connectivity index (χ4v) is 4.07. The van der Waals surface area contributed by atoms with Gasteiger partial charge in [-0.2, -0.15) is 13.2 Å². The molecule has 0 atom stereocenters. The van der Waals surface area contributed by atoms with E-state index in [1.165, 1.54) is 24.3 Å². The van der Waals surface area contributed by atoms with E-state index in [-0.39, 0.29) is 5.56 Å². The summed E-state index contributed by atoms with van der Waals surface area (Å²) in [6, 6.07) is 17.5. The minimum absolute atomic E-state index is 0.102. The van der Waals surface area contributed by atoms with Crippen molar-refractivity contribution in [2.45, 2.75) is 25.9 Å². The number of fused-ring (bicyclic) bond motifs is 1. The molecule has 0 radical (unpaired) electrons. The zero-order valence-corrected chi connectivity index (χ0v) is 17.8. The van der Waals surface area contributed by atoms with Gasteiger partial charge in [0, 0.05) is 28.5 Å². The lowest BCUT2D eigenvalue weighted by Crippen LogP contribution is -2.26. The Balaban J connectivity index is 1.86. The van der Waals surface area contributed by atoms with E-state index in [4.69, 9.17) is 11.6 Å². The Kier molecular flexibility index (Phi) is 5.73. The lowest BCUT2D eigenvalue weighted by Gasteiger charge is -2.36. The summed E-state index contributed by atoms with van der Waals surface area (Å²) >= 11 is 6.00. The van der Waals surface area contributed by atoms with Crippen LogP contribution in [0.2, 0.25) is 5.02 Å². The molecule has 0 aliphatic carbocycles. The summed E-state index contributed by atoms with van der Waals surface area (Å²) in [5.74, 6) is -1.07. The van der Waals surface area contributed by atoms with Gasteiger partial charge in [0.1, 0.15) is 0 Å². The van der Waals surface area contributed by atoms with Crippen molar-refractivity contribution in [2.24, 2.45) is 0 Å². The largest absolute Gasteiger partial charge is 0.478 e. The minimum atomic E-state index is -4.44. The Hall–Kier alpha value is -3.25. The maximum Gasteiger partial charge on any atom is 0.416 e. The van der Waals surface area contributed by atoms with Crippen molar-refractivity contribution >= 4 is 28.9 Å². The number of rotatable bonds is 4. The fourth-order valence-electron chi connectivity index (χ4n) is 3.94. The standard InChI is InChI=1S/C25H19ClF3NO2/c1-15-11-18-13-19(25(27,28)29)7-10-22(18)30(21-4-2-3-17(14-21)24(31)32)23(15)12-16-5-8-20(26)9-6-16/h2-10,13-14H,11-12H2,1H3,(H,31,32). The van der Waals surface area contributed by atoms with Gasteiger partial charge in [-0.3, -0.25) is 0 Å². The zero-order chi connectivity index (χ0) is 23.0. The van der Waals surface area contributed by atoms with Crippen molar-refractivity contribution in [2.75, 3.05) is 4.90 Å². The summed E-state index contributed by atoms with van der Waals surface area (Å²) in [6.45, 7) is 1.89. The number of alkyl halides is 3. The molecule has 164 valence electrons. The number of benzene rings is 3. The third-order valence-corrected chi connectivity index (χ3v) is 5.75. The molecule has 0 aromatic heterocycles. The average molecular weight is 458 g/mol. The molecule has 3 aromatic carbocycles. The van der Waals surface area contributed by atoms with Crippen LogP contribution in [-0.4, -0.2) is 11.1 Å². The second-order valence-electron chi connectivity index (χ2n) is 7.74. The van der Waals surface area contributed by atoms with Crippen molar-refractivity contribution in [1.29, 1.82) is 0 Å². The summed E-state index contributed by atoms with van der Waals surface area (Å²) in [4.78, 5) is 13.4. The predicted octanol–water partition coefficient (Wildman–Crippen LogP) is 7.27. The first-order valence-electron chi connectivity index (χ1n) is 9.90. The van der Waals surface area contributed by atoms with E-state index in [0.717, 1.165) is 22.9 Å². The van der Waals surface area contributed by atoms with E-state index in [9.17, 15) is 23.1 Å². The Morgan fingerprint density at radius 3 is 2.44 bits per heavy atom. The van der Waals surface area contributed by atoms with Gasteiger partial charge in [-0.05, 0) is 78.6 Å². The number of carbonyl (C=O) groups is 1. The molecule has 1 aliphatic rings. The first kappa shape index (κ1) is 22.0. The van der Waals surface area contributed by atoms with Gasteiger partial charge in [-0.25, -0.2) is 4.79 Å². The van der Waals surface area contributed by atoms with Crippen LogP contribution in [-0.2, 0) is 19.0 Å². The molecule has 7 heteroatoms. The molecule has 0 bridgehead atoms. The molecule has 1 aliphatic heterocycles. The summed E-state index contributed by atoms with van der Waals surface area (Å²) in [5.41, 5.74) is 3.91. The third kappa shape index (κ3) is 4.36. The SMILES string of the molecule is CC1=C(Cc2ccc(Cl)cc2)N(c2cccc(C(=O)O)c2)c2ccc(C(F)(F)F)cc2C1. The van der Waals surface area contributed by atoms with E-state index in [0.29, 0.717) is 34.8 Å². The Morgan fingerprint density at radius 1 is 1.06 bits per heavy atom. The van der Waals surface area contributed by atoms with E-state index in [1.54, 1.807) is 24.3 Å². The van der Waals surface area contributed by atoms with Crippen LogP contribution in [0.15, 0.2) is 78.0 Å². The molecule has 4 rings (SSSR count). The lowest BCUT2D eigenvalue weighted by molar-refractivity contribution is -0.137. The summed E-state index contributed by atoms with van der Waals surface area (Å²) in [7, 11) is 0. The molecule has 3 nitrogen and oxygen atoms in total. The lowest BCUT2D eigenvalue weighted by atomic mass is 9.91. The molecule has 0 saturated carbocycles. The van der Waals surface area contributed by atoms with Gasteiger partial charge in [0.15, 0.2) is 0 Å². The number of hydrogen-bond donors (Lipinski definition) is 1. The van der Waals surface area contributed by atoms with Gasteiger partial charge in [0.2, 0.25) is 0 Å². The average Bonchev–Trinajstić information content (AvgIpc) is 2.74. The maximum atomic E-state index is 13.3. The van der Waals surface area contributed by atoms with Crippen LogP contribution in [0, 0.1) is 0 Å².